The Balaban J connectivity index is 1.69. The molecule has 2 aromatic carbocycles. The van der Waals surface area contributed by atoms with E-state index < -0.39 is 0 Å². The standard InChI is InChI=1S/C21H16ClFN4O/c1-27-20-18(12-25-27)17(10-19(26-20)14-4-6-15(22)7-5-14)21(28)24-11-13-2-8-16(23)9-3-13/h2-10,12H,11H2,1H3,(H,24,28). The minimum absolute atomic E-state index is 0.250. The molecule has 2 heterocycles. The third-order valence-corrected chi connectivity index (χ3v) is 4.71. The van der Waals surface area contributed by atoms with Gasteiger partial charge in [0.1, 0.15) is 5.82 Å². The molecule has 7 heteroatoms. The van der Waals surface area contributed by atoms with Crippen LogP contribution in [-0.4, -0.2) is 20.7 Å². The number of hydrogen-bond donors (Lipinski definition) is 1. The third-order valence-electron chi connectivity index (χ3n) is 4.46. The van der Waals surface area contributed by atoms with Gasteiger partial charge in [-0.05, 0) is 35.9 Å². The summed E-state index contributed by atoms with van der Waals surface area (Å²) in [5, 5.41) is 8.39. The molecule has 0 spiro atoms. The van der Waals surface area contributed by atoms with Crippen LogP contribution in [0, 0.1) is 5.82 Å². The van der Waals surface area contributed by atoms with E-state index in [2.05, 4.69) is 15.4 Å². The zero-order valence-corrected chi connectivity index (χ0v) is 15.7. The fourth-order valence-electron chi connectivity index (χ4n) is 2.95. The lowest BCUT2D eigenvalue weighted by atomic mass is 10.1. The molecule has 1 N–H and O–H groups in total. The first-order chi connectivity index (χ1) is 13.5. The number of rotatable bonds is 4. The van der Waals surface area contributed by atoms with E-state index in [1.807, 2.05) is 12.1 Å². The first-order valence-electron chi connectivity index (χ1n) is 8.62. The lowest BCUT2D eigenvalue weighted by Gasteiger charge is -2.09. The van der Waals surface area contributed by atoms with E-state index in [-0.39, 0.29) is 11.7 Å². The zero-order valence-electron chi connectivity index (χ0n) is 15.0. The summed E-state index contributed by atoms with van der Waals surface area (Å²) in [4.78, 5) is 17.5. The molecule has 2 aromatic heterocycles. The zero-order chi connectivity index (χ0) is 19.7. The summed E-state index contributed by atoms with van der Waals surface area (Å²) < 4.78 is 14.7. The van der Waals surface area contributed by atoms with Crippen molar-refractivity contribution in [3.8, 4) is 11.3 Å². The summed E-state index contributed by atoms with van der Waals surface area (Å²) in [5.41, 5.74) is 3.40. The van der Waals surface area contributed by atoms with Gasteiger partial charge in [-0.15, -0.1) is 0 Å². The van der Waals surface area contributed by atoms with Gasteiger partial charge < -0.3 is 5.32 Å². The predicted octanol–water partition coefficient (Wildman–Crippen LogP) is 4.36. The number of carbonyl (C=O) groups is 1. The molecule has 0 bridgehead atoms. The number of carbonyl (C=O) groups excluding carboxylic acids is 1. The molecule has 28 heavy (non-hydrogen) atoms. The van der Waals surface area contributed by atoms with Crippen molar-refractivity contribution < 1.29 is 9.18 Å². The van der Waals surface area contributed by atoms with E-state index in [4.69, 9.17) is 11.6 Å². The molecular formula is C21H16ClFN4O. The van der Waals surface area contributed by atoms with Crippen molar-refractivity contribution >= 4 is 28.5 Å². The van der Waals surface area contributed by atoms with E-state index in [1.165, 1.54) is 12.1 Å². The molecule has 0 aliphatic rings. The third kappa shape index (κ3) is 3.59. The lowest BCUT2D eigenvalue weighted by molar-refractivity contribution is 0.0952. The van der Waals surface area contributed by atoms with Crippen LogP contribution in [0.2, 0.25) is 5.02 Å². The van der Waals surface area contributed by atoms with E-state index in [0.717, 1.165) is 11.1 Å². The van der Waals surface area contributed by atoms with Crippen LogP contribution in [0.4, 0.5) is 4.39 Å². The van der Waals surface area contributed by atoms with Crippen molar-refractivity contribution in [2.45, 2.75) is 6.54 Å². The van der Waals surface area contributed by atoms with Crippen LogP contribution in [0.25, 0.3) is 22.3 Å². The van der Waals surface area contributed by atoms with Gasteiger partial charge in [0.05, 0.1) is 22.8 Å². The number of hydrogen-bond acceptors (Lipinski definition) is 3. The molecule has 0 aliphatic carbocycles. The average Bonchev–Trinajstić information content (AvgIpc) is 3.08. The lowest BCUT2D eigenvalue weighted by Crippen LogP contribution is -2.23. The van der Waals surface area contributed by atoms with Gasteiger partial charge in [0.15, 0.2) is 5.65 Å². The van der Waals surface area contributed by atoms with Crippen LogP contribution in [0.5, 0.6) is 0 Å². The Bertz CT molecular complexity index is 1150. The van der Waals surface area contributed by atoms with Crippen LogP contribution in [0.15, 0.2) is 60.8 Å². The van der Waals surface area contributed by atoms with E-state index in [0.29, 0.717) is 33.9 Å². The van der Waals surface area contributed by atoms with Crippen molar-refractivity contribution in [1.29, 1.82) is 0 Å². The maximum absolute atomic E-state index is 13.0. The Morgan fingerprint density at radius 1 is 1.14 bits per heavy atom. The Kier molecular flexibility index (Phi) is 4.79. The fraction of sp³-hybridized carbons (Fsp3) is 0.0952. The van der Waals surface area contributed by atoms with Gasteiger partial charge in [0, 0.05) is 24.2 Å². The van der Waals surface area contributed by atoms with Gasteiger partial charge in [-0.2, -0.15) is 5.10 Å². The highest BCUT2D eigenvalue weighted by atomic mass is 35.5. The predicted molar refractivity (Wildman–Crippen MR) is 107 cm³/mol. The molecule has 4 aromatic rings. The highest BCUT2D eigenvalue weighted by Gasteiger charge is 2.16. The van der Waals surface area contributed by atoms with E-state index in [1.54, 1.807) is 48.3 Å². The monoisotopic (exact) mass is 394 g/mol. The van der Waals surface area contributed by atoms with Crippen molar-refractivity contribution in [2.24, 2.45) is 7.05 Å². The minimum Gasteiger partial charge on any atom is -0.348 e. The Morgan fingerprint density at radius 3 is 2.57 bits per heavy atom. The summed E-state index contributed by atoms with van der Waals surface area (Å²) >= 11 is 5.97. The smallest absolute Gasteiger partial charge is 0.252 e. The van der Waals surface area contributed by atoms with Gasteiger partial charge >= 0.3 is 0 Å². The first kappa shape index (κ1) is 18.1. The van der Waals surface area contributed by atoms with Crippen molar-refractivity contribution in [2.75, 3.05) is 0 Å². The molecule has 1 amide bonds. The fourth-order valence-corrected chi connectivity index (χ4v) is 3.08. The molecular weight excluding hydrogens is 379 g/mol. The Morgan fingerprint density at radius 2 is 1.86 bits per heavy atom. The summed E-state index contributed by atoms with van der Waals surface area (Å²) in [5.74, 6) is -0.561. The Hall–Kier alpha value is -3.25. The van der Waals surface area contributed by atoms with Gasteiger partial charge in [-0.25, -0.2) is 9.37 Å². The molecule has 0 saturated carbocycles. The Labute approximate surface area is 165 Å². The van der Waals surface area contributed by atoms with Crippen molar-refractivity contribution in [3.05, 3.63) is 82.8 Å². The number of aryl methyl sites for hydroxylation is 1. The second-order valence-corrected chi connectivity index (χ2v) is 6.81. The van der Waals surface area contributed by atoms with Crippen LogP contribution in [0.1, 0.15) is 15.9 Å². The SMILES string of the molecule is Cn1ncc2c(C(=O)NCc3ccc(F)cc3)cc(-c3ccc(Cl)cc3)nc21. The van der Waals surface area contributed by atoms with Crippen molar-refractivity contribution in [1.82, 2.24) is 20.1 Å². The summed E-state index contributed by atoms with van der Waals surface area (Å²) in [6.45, 7) is 0.291. The van der Waals surface area contributed by atoms with Gasteiger partial charge in [-0.3, -0.25) is 9.48 Å². The average molecular weight is 395 g/mol. The molecule has 0 aliphatic heterocycles. The van der Waals surface area contributed by atoms with Gasteiger partial charge in [0.2, 0.25) is 0 Å². The number of fused-ring (bicyclic) bond motifs is 1. The molecule has 4 rings (SSSR count). The molecule has 0 fully saturated rings. The van der Waals surface area contributed by atoms with Crippen LogP contribution in [0.3, 0.4) is 0 Å². The summed E-state index contributed by atoms with van der Waals surface area (Å²) in [6.07, 6.45) is 1.63. The summed E-state index contributed by atoms with van der Waals surface area (Å²) in [6, 6.07) is 15.0. The molecule has 0 unspecified atom stereocenters. The highest BCUT2D eigenvalue weighted by molar-refractivity contribution is 6.30. The second-order valence-electron chi connectivity index (χ2n) is 6.38. The molecule has 0 saturated heterocycles. The highest BCUT2D eigenvalue weighted by Crippen LogP contribution is 2.25. The van der Waals surface area contributed by atoms with Crippen LogP contribution < -0.4 is 5.32 Å². The molecule has 0 radical (unpaired) electrons. The van der Waals surface area contributed by atoms with Crippen LogP contribution >= 0.6 is 11.6 Å². The number of benzene rings is 2. The maximum atomic E-state index is 13.0. The number of nitrogens with zero attached hydrogens (tertiary/aromatic N) is 3. The number of nitrogens with one attached hydrogen (secondary N) is 1. The maximum Gasteiger partial charge on any atom is 0.252 e. The van der Waals surface area contributed by atoms with Crippen LogP contribution in [-0.2, 0) is 13.6 Å². The number of halogens is 2. The van der Waals surface area contributed by atoms with Gasteiger partial charge in [-0.1, -0.05) is 35.9 Å². The normalized spacial score (nSPS) is 11.0. The number of amides is 1. The molecule has 5 nitrogen and oxygen atoms in total. The number of pyridine rings is 1. The van der Waals surface area contributed by atoms with Gasteiger partial charge in [0.25, 0.3) is 5.91 Å². The quantitative estimate of drug-likeness (QED) is 0.559. The van der Waals surface area contributed by atoms with E-state index >= 15 is 0 Å². The van der Waals surface area contributed by atoms with Crippen molar-refractivity contribution in [3.63, 3.8) is 0 Å². The molecule has 140 valence electrons. The summed E-state index contributed by atoms with van der Waals surface area (Å²) in [7, 11) is 1.78. The van der Waals surface area contributed by atoms with E-state index in [9.17, 15) is 9.18 Å². The number of aromatic nitrogens is 3. The topological polar surface area (TPSA) is 59.8 Å². The molecule has 0 atom stereocenters. The largest absolute Gasteiger partial charge is 0.348 e. The minimum atomic E-state index is -0.311. The first-order valence-corrected chi connectivity index (χ1v) is 9.00. The second kappa shape index (κ2) is 7.40.